The van der Waals surface area contributed by atoms with Crippen molar-refractivity contribution in [2.45, 2.75) is 13.1 Å². The number of anilines is 1. The summed E-state index contributed by atoms with van der Waals surface area (Å²) in [6, 6.07) is 9.06. The first-order valence-corrected chi connectivity index (χ1v) is 7.58. The average Bonchev–Trinajstić information content (AvgIpc) is 2.61. The number of nitro groups is 1. The number of benzene rings is 2. The third-order valence-electron chi connectivity index (χ3n) is 3.52. The second-order valence-electron chi connectivity index (χ2n) is 5.59. The molecule has 0 saturated heterocycles. The van der Waals surface area contributed by atoms with Crippen LogP contribution >= 0.6 is 0 Å². The zero-order valence-electron chi connectivity index (χ0n) is 14.0. The Morgan fingerprint density at radius 1 is 1.07 bits per heavy atom. The van der Waals surface area contributed by atoms with E-state index in [2.05, 4.69) is 5.32 Å². The SMILES string of the molecule is Cc1ccc(C(=O)NCC(F)(F)F)cc1NC(=O)c1cccc([N+](=O)[O-])c1. The molecule has 142 valence electrons. The molecule has 0 atom stereocenters. The molecular weight excluding hydrogens is 367 g/mol. The van der Waals surface area contributed by atoms with E-state index in [1.165, 1.54) is 36.4 Å². The van der Waals surface area contributed by atoms with Crippen molar-refractivity contribution in [1.29, 1.82) is 0 Å². The van der Waals surface area contributed by atoms with Crippen LogP contribution in [0.25, 0.3) is 0 Å². The summed E-state index contributed by atoms with van der Waals surface area (Å²) in [5.74, 6) is -1.60. The molecule has 0 spiro atoms. The van der Waals surface area contributed by atoms with E-state index in [9.17, 15) is 32.9 Å². The summed E-state index contributed by atoms with van der Waals surface area (Å²) in [6.45, 7) is 0.148. The van der Waals surface area contributed by atoms with Gasteiger partial charge in [0, 0.05) is 28.9 Å². The molecule has 27 heavy (non-hydrogen) atoms. The van der Waals surface area contributed by atoms with E-state index < -0.39 is 29.5 Å². The zero-order valence-corrected chi connectivity index (χ0v) is 14.0. The van der Waals surface area contributed by atoms with Crippen LogP contribution in [0.2, 0.25) is 0 Å². The van der Waals surface area contributed by atoms with E-state index in [1.54, 1.807) is 12.2 Å². The smallest absolute Gasteiger partial charge is 0.343 e. The van der Waals surface area contributed by atoms with E-state index in [4.69, 9.17) is 0 Å². The van der Waals surface area contributed by atoms with Crippen molar-refractivity contribution in [3.8, 4) is 0 Å². The molecule has 0 unspecified atom stereocenters. The van der Waals surface area contributed by atoms with Crippen LogP contribution in [0.1, 0.15) is 26.3 Å². The van der Waals surface area contributed by atoms with Crippen molar-refractivity contribution in [2.75, 3.05) is 11.9 Å². The molecule has 2 aromatic carbocycles. The van der Waals surface area contributed by atoms with E-state index in [0.717, 1.165) is 6.07 Å². The first-order chi connectivity index (χ1) is 12.6. The van der Waals surface area contributed by atoms with Gasteiger partial charge in [-0.2, -0.15) is 13.2 Å². The molecule has 0 fully saturated rings. The summed E-state index contributed by atoms with van der Waals surface area (Å²) >= 11 is 0. The molecule has 0 saturated carbocycles. The Hall–Kier alpha value is -3.43. The Labute approximate surface area is 151 Å². The number of rotatable bonds is 5. The van der Waals surface area contributed by atoms with Crippen molar-refractivity contribution < 1.29 is 27.7 Å². The summed E-state index contributed by atoms with van der Waals surface area (Å²) in [7, 11) is 0. The van der Waals surface area contributed by atoms with Gasteiger partial charge in [0.05, 0.1) is 4.92 Å². The van der Waals surface area contributed by atoms with E-state index in [-0.39, 0.29) is 22.5 Å². The second kappa shape index (κ2) is 7.85. The molecule has 0 aliphatic carbocycles. The first-order valence-electron chi connectivity index (χ1n) is 7.58. The van der Waals surface area contributed by atoms with E-state index >= 15 is 0 Å². The lowest BCUT2D eigenvalue weighted by atomic mass is 10.1. The van der Waals surface area contributed by atoms with Gasteiger partial charge >= 0.3 is 6.18 Å². The fourth-order valence-corrected chi connectivity index (χ4v) is 2.14. The van der Waals surface area contributed by atoms with E-state index in [1.807, 2.05) is 0 Å². The number of hydrogen-bond donors (Lipinski definition) is 2. The molecule has 10 heteroatoms. The topological polar surface area (TPSA) is 101 Å². The maximum absolute atomic E-state index is 12.3. The summed E-state index contributed by atoms with van der Waals surface area (Å²) in [5, 5.41) is 15.0. The van der Waals surface area contributed by atoms with E-state index in [0.29, 0.717) is 5.56 Å². The van der Waals surface area contributed by atoms with Gasteiger partial charge in [-0.25, -0.2) is 0 Å². The minimum absolute atomic E-state index is 0.0236. The van der Waals surface area contributed by atoms with Gasteiger partial charge in [0.25, 0.3) is 17.5 Å². The van der Waals surface area contributed by atoms with Crippen LogP contribution in [0.15, 0.2) is 42.5 Å². The molecule has 0 aliphatic rings. The van der Waals surface area contributed by atoms with Crippen molar-refractivity contribution >= 4 is 23.2 Å². The van der Waals surface area contributed by atoms with Gasteiger partial charge in [-0.15, -0.1) is 0 Å². The normalized spacial score (nSPS) is 11.0. The number of aryl methyl sites for hydroxylation is 1. The maximum Gasteiger partial charge on any atom is 0.405 e. The van der Waals surface area contributed by atoms with Crippen molar-refractivity contribution in [2.24, 2.45) is 0 Å². The number of nitro benzene ring substituents is 1. The lowest BCUT2D eigenvalue weighted by molar-refractivity contribution is -0.384. The summed E-state index contributed by atoms with van der Waals surface area (Å²) < 4.78 is 36.6. The standard InChI is InChI=1S/C17H14F3N3O4/c1-10-5-6-12(15(24)21-9-17(18,19)20)8-14(10)22-16(25)11-3-2-4-13(7-11)23(26)27/h2-8H,9H2,1H3,(H,21,24)(H,22,25). The van der Waals surface area contributed by atoms with Gasteiger partial charge in [0.2, 0.25) is 0 Å². The maximum atomic E-state index is 12.3. The number of amides is 2. The summed E-state index contributed by atoms with van der Waals surface area (Å²) in [5.41, 5.74) is 0.446. The van der Waals surface area contributed by atoms with Crippen LogP contribution in [0.4, 0.5) is 24.5 Å². The predicted molar refractivity (Wildman–Crippen MR) is 90.6 cm³/mol. The van der Waals surface area contributed by atoms with Crippen LogP contribution in [0, 0.1) is 17.0 Å². The Bertz CT molecular complexity index is 897. The quantitative estimate of drug-likeness (QED) is 0.612. The molecular formula is C17H14F3N3O4. The van der Waals surface area contributed by atoms with Crippen LogP contribution in [-0.2, 0) is 0 Å². The Kier molecular flexibility index (Phi) is 5.78. The molecule has 0 aliphatic heterocycles. The van der Waals surface area contributed by atoms with Gasteiger partial charge in [-0.3, -0.25) is 19.7 Å². The number of nitrogens with zero attached hydrogens (tertiary/aromatic N) is 1. The highest BCUT2D eigenvalue weighted by Gasteiger charge is 2.28. The fraction of sp³-hybridized carbons (Fsp3) is 0.176. The lowest BCUT2D eigenvalue weighted by Crippen LogP contribution is -2.33. The number of alkyl halides is 3. The Morgan fingerprint density at radius 3 is 2.37 bits per heavy atom. The molecule has 2 aromatic rings. The van der Waals surface area contributed by atoms with Crippen LogP contribution in [0.3, 0.4) is 0 Å². The largest absolute Gasteiger partial charge is 0.405 e. The second-order valence-corrected chi connectivity index (χ2v) is 5.59. The van der Waals surface area contributed by atoms with Crippen LogP contribution in [0.5, 0.6) is 0 Å². The molecule has 2 rings (SSSR count). The molecule has 2 amide bonds. The minimum atomic E-state index is -4.54. The summed E-state index contributed by atoms with van der Waals surface area (Å²) in [4.78, 5) is 34.3. The number of non-ortho nitro benzene ring substituents is 1. The number of nitrogens with one attached hydrogen (secondary N) is 2. The Balaban J connectivity index is 2.19. The summed E-state index contributed by atoms with van der Waals surface area (Å²) in [6.07, 6.45) is -4.54. The Morgan fingerprint density at radius 2 is 1.74 bits per heavy atom. The van der Waals surface area contributed by atoms with Gasteiger partial charge < -0.3 is 10.6 Å². The van der Waals surface area contributed by atoms with Crippen LogP contribution < -0.4 is 10.6 Å². The molecule has 2 N–H and O–H groups in total. The lowest BCUT2D eigenvalue weighted by Gasteiger charge is -2.12. The monoisotopic (exact) mass is 381 g/mol. The molecule has 0 aromatic heterocycles. The van der Waals surface area contributed by atoms with Gasteiger partial charge in [0.1, 0.15) is 6.54 Å². The van der Waals surface area contributed by atoms with Gasteiger partial charge in [-0.05, 0) is 30.7 Å². The predicted octanol–water partition coefficient (Wildman–Crippen LogP) is 3.45. The number of carbonyl (C=O) groups excluding carboxylic acids is 2. The van der Waals surface area contributed by atoms with Crippen molar-refractivity contribution in [3.63, 3.8) is 0 Å². The van der Waals surface area contributed by atoms with Crippen LogP contribution in [-0.4, -0.2) is 29.5 Å². The fourth-order valence-electron chi connectivity index (χ4n) is 2.14. The number of hydrogen-bond acceptors (Lipinski definition) is 4. The number of carbonyl (C=O) groups is 2. The first kappa shape index (κ1) is 19.9. The van der Waals surface area contributed by atoms with Crippen molar-refractivity contribution in [1.82, 2.24) is 5.32 Å². The third-order valence-corrected chi connectivity index (χ3v) is 3.52. The molecule has 0 heterocycles. The molecule has 7 nitrogen and oxygen atoms in total. The average molecular weight is 381 g/mol. The zero-order chi connectivity index (χ0) is 20.2. The third kappa shape index (κ3) is 5.53. The van der Waals surface area contributed by atoms with Gasteiger partial charge in [0.15, 0.2) is 0 Å². The van der Waals surface area contributed by atoms with Gasteiger partial charge in [-0.1, -0.05) is 12.1 Å². The highest BCUT2D eigenvalue weighted by atomic mass is 19.4. The van der Waals surface area contributed by atoms with Crippen molar-refractivity contribution in [3.05, 3.63) is 69.3 Å². The minimum Gasteiger partial charge on any atom is -0.343 e. The molecule has 0 radical (unpaired) electrons. The number of halogens is 3. The highest BCUT2D eigenvalue weighted by Crippen LogP contribution is 2.20. The highest BCUT2D eigenvalue weighted by molar-refractivity contribution is 6.06. The molecule has 0 bridgehead atoms.